The second-order valence-electron chi connectivity index (χ2n) is 3.93. The number of nitrogens with zero attached hydrogens (tertiary/aromatic N) is 1. The Labute approximate surface area is 127 Å². The summed E-state index contributed by atoms with van der Waals surface area (Å²) in [5.74, 6) is -1.68. The van der Waals surface area contributed by atoms with Crippen molar-refractivity contribution in [1.29, 1.82) is 0 Å². The molecule has 0 saturated heterocycles. The van der Waals surface area contributed by atoms with Gasteiger partial charge in [0.15, 0.2) is 0 Å². The Kier molecular flexibility index (Phi) is 4.47. The molecule has 0 unspecified atom stereocenters. The maximum Gasteiger partial charge on any atom is 0.307 e. The molecule has 20 heavy (non-hydrogen) atoms. The third-order valence-corrected chi connectivity index (χ3v) is 3.98. The lowest BCUT2D eigenvalue weighted by molar-refractivity contribution is -0.137. The predicted octanol–water partition coefficient (Wildman–Crippen LogP) is 3.50. The first-order valence-corrected chi connectivity index (χ1v) is 7.08. The number of hydrogen-bond acceptors (Lipinski definition) is 3. The van der Waals surface area contributed by atoms with Crippen LogP contribution >= 0.6 is 34.5 Å². The van der Waals surface area contributed by atoms with Crippen molar-refractivity contribution in [2.75, 3.05) is 0 Å². The zero-order valence-electron chi connectivity index (χ0n) is 9.90. The smallest absolute Gasteiger partial charge is 0.307 e. The Hall–Kier alpha value is -1.37. The summed E-state index contributed by atoms with van der Waals surface area (Å²) in [6.07, 6.45) is -0.211. The molecule has 2 aromatic rings. The first kappa shape index (κ1) is 15.0. The maximum absolute atomic E-state index is 13.5. The summed E-state index contributed by atoms with van der Waals surface area (Å²) in [5.41, 5.74) is 0.680. The van der Waals surface area contributed by atoms with Crippen LogP contribution in [0.15, 0.2) is 22.3 Å². The van der Waals surface area contributed by atoms with Gasteiger partial charge < -0.3 is 5.11 Å². The normalized spacial score (nSPS) is 10.8. The zero-order valence-corrected chi connectivity index (χ0v) is 12.2. The Morgan fingerprint density at radius 3 is 2.70 bits per heavy atom. The van der Waals surface area contributed by atoms with Crippen molar-refractivity contribution in [3.05, 3.63) is 43.0 Å². The molecule has 4 nitrogen and oxygen atoms in total. The van der Waals surface area contributed by atoms with Gasteiger partial charge in [0.1, 0.15) is 5.82 Å². The Balaban J connectivity index is 2.51. The highest BCUT2D eigenvalue weighted by atomic mass is 35.5. The third-order valence-electron chi connectivity index (χ3n) is 2.62. The molecule has 0 amide bonds. The Morgan fingerprint density at radius 2 is 2.05 bits per heavy atom. The van der Waals surface area contributed by atoms with Crippen molar-refractivity contribution in [2.24, 2.45) is 0 Å². The van der Waals surface area contributed by atoms with Gasteiger partial charge in [0.05, 0.1) is 22.2 Å². The van der Waals surface area contributed by atoms with Crippen molar-refractivity contribution in [1.82, 2.24) is 4.57 Å². The molecule has 0 saturated carbocycles. The molecular weight excluding hydrogens is 328 g/mol. The number of thiazole rings is 1. The third kappa shape index (κ3) is 3.03. The van der Waals surface area contributed by atoms with Gasteiger partial charge in [0.25, 0.3) is 0 Å². The lowest BCUT2D eigenvalue weighted by atomic mass is 10.1. The maximum atomic E-state index is 13.5. The fourth-order valence-corrected chi connectivity index (χ4v) is 2.94. The molecule has 1 heterocycles. The van der Waals surface area contributed by atoms with Crippen LogP contribution in [0.4, 0.5) is 4.39 Å². The van der Waals surface area contributed by atoms with E-state index in [9.17, 15) is 14.0 Å². The quantitative estimate of drug-likeness (QED) is 0.870. The average molecular weight is 336 g/mol. The molecule has 0 aliphatic heterocycles. The molecule has 0 aliphatic rings. The first-order valence-electron chi connectivity index (χ1n) is 5.45. The van der Waals surface area contributed by atoms with Crippen LogP contribution in [0.3, 0.4) is 0 Å². The monoisotopic (exact) mass is 335 g/mol. The fraction of sp³-hybridized carbons (Fsp3) is 0.167. The number of benzene rings is 1. The summed E-state index contributed by atoms with van der Waals surface area (Å²) in [6, 6.07) is 2.38. The Morgan fingerprint density at radius 1 is 1.35 bits per heavy atom. The second kappa shape index (κ2) is 5.95. The number of carboxylic acids is 1. The number of aromatic nitrogens is 1. The minimum atomic E-state index is -1.03. The molecule has 0 fully saturated rings. The van der Waals surface area contributed by atoms with Gasteiger partial charge in [0, 0.05) is 17.5 Å². The highest BCUT2D eigenvalue weighted by molar-refractivity contribution is 7.07. The zero-order chi connectivity index (χ0) is 14.9. The minimum absolute atomic E-state index is 0.00637. The molecular formula is C12H8Cl2FNO3S. The summed E-state index contributed by atoms with van der Waals surface area (Å²) in [7, 11) is 0. The van der Waals surface area contributed by atoms with Gasteiger partial charge in [-0.25, -0.2) is 4.39 Å². The van der Waals surface area contributed by atoms with Crippen LogP contribution in [-0.2, 0) is 11.3 Å². The summed E-state index contributed by atoms with van der Waals surface area (Å²) in [5, 5.41) is 10.3. The number of carboxylic acid groups (broad SMARTS) is 1. The van der Waals surface area contributed by atoms with Crippen molar-refractivity contribution in [3.8, 4) is 11.3 Å². The van der Waals surface area contributed by atoms with E-state index in [1.54, 1.807) is 0 Å². The average Bonchev–Trinajstić information content (AvgIpc) is 2.72. The van der Waals surface area contributed by atoms with Gasteiger partial charge in [-0.15, -0.1) is 0 Å². The van der Waals surface area contributed by atoms with Gasteiger partial charge in [-0.05, 0) is 12.1 Å². The highest BCUT2D eigenvalue weighted by Gasteiger charge is 2.15. The van der Waals surface area contributed by atoms with E-state index in [0.717, 1.165) is 17.4 Å². The topological polar surface area (TPSA) is 59.3 Å². The predicted molar refractivity (Wildman–Crippen MR) is 76.2 cm³/mol. The molecule has 1 aromatic heterocycles. The van der Waals surface area contributed by atoms with E-state index in [2.05, 4.69) is 0 Å². The number of carbonyl (C=O) groups is 1. The van der Waals surface area contributed by atoms with Crippen molar-refractivity contribution < 1.29 is 14.3 Å². The molecule has 1 N–H and O–H groups in total. The number of halogens is 3. The van der Waals surface area contributed by atoms with E-state index in [4.69, 9.17) is 28.3 Å². The van der Waals surface area contributed by atoms with E-state index in [-0.39, 0.29) is 27.9 Å². The summed E-state index contributed by atoms with van der Waals surface area (Å²) < 4.78 is 14.8. The van der Waals surface area contributed by atoms with E-state index < -0.39 is 11.8 Å². The van der Waals surface area contributed by atoms with E-state index in [1.165, 1.54) is 16.0 Å². The van der Waals surface area contributed by atoms with Crippen molar-refractivity contribution in [2.45, 2.75) is 13.0 Å². The van der Waals surface area contributed by atoms with Crippen LogP contribution in [0.1, 0.15) is 6.42 Å². The molecule has 0 aliphatic carbocycles. The summed E-state index contributed by atoms with van der Waals surface area (Å²) in [4.78, 5) is 22.0. The lowest BCUT2D eigenvalue weighted by Gasteiger charge is -2.09. The van der Waals surface area contributed by atoms with Gasteiger partial charge in [-0.2, -0.15) is 0 Å². The molecule has 8 heteroatoms. The second-order valence-corrected chi connectivity index (χ2v) is 5.56. The van der Waals surface area contributed by atoms with E-state index in [0.29, 0.717) is 11.3 Å². The number of rotatable bonds is 4. The molecule has 0 atom stereocenters. The van der Waals surface area contributed by atoms with Gasteiger partial charge in [0.2, 0.25) is 0 Å². The van der Waals surface area contributed by atoms with E-state index >= 15 is 0 Å². The number of hydrogen-bond donors (Lipinski definition) is 1. The highest BCUT2D eigenvalue weighted by Crippen LogP contribution is 2.32. The summed E-state index contributed by atoms with van der Waals surface area (Å²) >= 11 is 12.5. The van der Waals surface area contributed by atoms with Crippen LogP contribution in [0.5, 0.6) is 0 Å². The molecule has 0 spiro atoms. The fourth-order valence-electron chi connectivity index (χ4n) is 1.68. The molecule has 106 valence electrons. The molecule has 0 radical (unpaired) electrons. The van der Waals surface area contributed by atoms with Crippen molar-refractivity contribution in [3.63, 3.8) is 0 Å². The van der Waals surface area contributed by atoms with Crippen LogP contribution in [0, 0.1) is 5.82 Å². The van der Waals surface area contributed by atoms with Crippen LogP contribution in [0.2, 0.25) is 10.0 Å². The van der Waals surface area contributed by atoms with Gasteiger partial charge in [-0.1, -0.05) is 34.5 Å². The SMILES string of the molecule is O=C(O)CCn1c(-c2cc(F)c(Cl)cc2Cl)csc1=O. The molecule has 1 aromatic carbocycles. The largest absolute Gasteiger partial charge is 0.481 e. The minimum Gasteiger partial charge on any atom is -0.481 e. The van der Waals surface area contributed by atoms with E-state index in [1.807, 2.05) is 0 Å². The standard InChI is InChI=1S/C12H8Cl2FNO3S/c13-7-4-8(14)9(15)3-6(7)10-5-20-12(19)16(10)2-1-11(17)18/h3-5H,1-2H2,(H,17,18). The Bertz CT molecular complexity index is 726. The number of aliphatic carboxylic acids is 1. The first-order chi connectivity index (χ1) is 9.40. The van der Waals surface area contributed by atoms with Crippen molar-refractivity contribution >= 4 is 40.5 Å². The summed E-state index contributed by atoms with van der Waals surface area (Å²) in [6.45, 7) is -0.00637. The van der Waals surface area contributed by atoms with Gasteiger partial charge in [-0.3, -0.25) is 14.2 Å². The molecule has 2 rings (SSSR count). The van der Waals surface area contributed by atoms with Crippen LogP contribution in [-0.4, -0.2) is 15.6 Å². The van der Waals surface area contributed by atoms with Gasteiger partial charge >= 0.3 is 10.8 Å². The lowest BCUT2D eigenvalue weighted by Crippen LogP contribution is -2.16. The van der Waals surface area contributed by atoms with Crippen LogP contribution in [0.25, 0.3) is 11.3 Å². The molecule has 0 bridgehead atoms. The van der Waals surface area contributed by atoms with Crippen LogP contribution < -0.4 is 4.87 Å².